The van der Waals surface area contributed by atoms with Crippen molar-refractivity contribution >= 4 is 21.7 Å². The van der Waals surface area contributed by atoms with Gasteiger partial charge in [0.05, 0.1) is 0 Å². The lowest BCUT2D eigenvalue weighted by Gasteiger charge is -2.38. The molecule has 4 nitrogen and oxygen atoms in total. The molecule has 0 unspecified atom stereocenters. The Hall–Kier alpha value is -0.650. The molecular formula is C16H25BrN4. The van der Waals surface area contributed by atoms with Crippen LogP contribution >= 0.6 is 15.9 Å². The minimum Gasteiger partial charge on any atom is -0.354 e. The molecule has 1 aromatic heterocycles. The summed E-state index contributed by atoms with van der Waals surface area (Å²) >= 11 is 3.55. The molecule has 2 heterocycles. The van der Waals surface area contributed by atoms with E-state index in [4.69, 9.17) is 4.98 Å². The molecule has 0 aromatic carbocycles. The van der Waals surface area contributed by atoms with Crippen molar-refractivity contribution in [2.45, 2.75) is 45.3 Å². The molecule has 2 fully saturated rings. The number of aromatic nitrogens is 1. The molecule has 0 atom stereocenters. The van der Waals surface area contributed by atoms with Crippen LogP contribution in [-0.2, 0) is 6.54 Å². The van der Waals surface area contributed by atoms with E-state index in [1.165, 1.54) is 18.4 Å². The summed E-state index contributed by atoms with van der Waals surface area (Å²) < 4.78 is 1.07. The topological polar surface area (TPSA) is 31.4 Å². The molecule has 2 aliphatic rings. The fourth-order valence-corrected chi connectivity index (χ4v) is 3.26. The zero-order valence-corrected chi connectivity index (χ0v) is 14.6. The molecule has 1 aromatic rings. The van der Waals surface area contributed by atoms with E-state index in [0.717, 1.165) is 49.1 Å². The molecule has 5 heteroatoms. The van der Waals surface area contributed by atoms with Gasteiger partial charge in [-0.05, 0) is 48.7 Å². The highest BCUT2D eigenvalue weighted by Gasteiger charge is 2.24. The van der Waals surface area contributed by atoms with Gasteiger partial charge >= 0.3 is 0 Å². The molecule has 1 aliphatic carbocycles. The molecule has 21 heavy (non-hydrogen) atoms. The van der Waals surface area contributed by atoms with Gasteiger partial charge in [-0.3, -0.25) is 4.90 Å². The van der Waals surface area contributed by atoms with E-state index in [0.29, 0.717) is 6.04 Å². The van der Waals surface area contributed by atoms with Crippen LogP contribution in [0.3, 0.4) is 0 Å². The second kappa shape index (κ2) is 6.63. The van der Waals surface area contributed by atoms with Crippen molar-refractivity contribution in [2.24, 2.45) is 0 Å². The van der Waals surface area contributed by atoms with E-state index in [-0.39, 0.29) is 0 Å². The van der Waals surface area contributed by atoms with Crippen molar-refractivity contribution in [1.29, 1.82) is 0 Å². The van der Waals surface area contributed by atoms with Gasteiger partial charge in [-0.2, -0.15) is 0 Å². The number of pyridine rings is 1. The van der Waals surface area contributed by atoms with Crippen LogP contribution in [0.5, 0.6) is 0 Å². The van der Waals surface area contributed by atoms with Gasteiger partial charge in [-0.15, -0.1) is 0 Å². The average Bonchev–Trinajstić information content (AvgIpc) is 3.29. The molecule has 0 spiro atoms. The van der Waals surface area contributed by atoms with Crippen LogP contribution in [0, 0.1) is 0 Å². The van der Waals surface area contributed by atoms with Crippen LogP contribution in [0.2, 0.25) is 0 Å². The maximum atomic E-state index is 4.69. The molecule has 1 saturated carbocycles. The molecule has 116 valence electrons. The maximum absolute atomic E-state index is 4.69. The molecule has 3 rings (SSSR count). The minimum absolute atomic E-state index is 0.640. The van der Waals surface area contributed by atoms with Crippen molar-refractivity contribution in [3.63, 3.8) is 0 Å². The predicted octanol–water partition coefficient (Wildman–Crippen LogP) is 2.63. The highest BCUT2D eigenvalue weighted by Crippen LogP contribution is 2.25. The quantitative estimate of drug-likeness (QED) is 0.882. The lowest BCUT2D eigenvalue weighted by molar-refractivity contribution is 0.209. The molecule has 1 aliphatic heterocycles. The zero-order valence-electron chi connectivity index (χ0n) is 13.0. The van der Waals surface area contributed by atoms with Gasteiger partial charge in [0.2, 0.25) is 0 Å². The van der Waals surface area contributed by atoms with Crippen LogP contribution in [0.4, 0.5) is 5.82 Å². The van der Waals surface area contributed by atoms with Crippen LogP contribution in [0.1, 0.15) is 32.3 Å². The molecule has 0 radical (unpaired) electrons. The highest BCUT2D eigenvalue weighted by molar-refractivity contribution is 9.10. The van der Waals surface area contributed by atoms with Gasteiger partial charge in [0.1, 0.15) is 5.82 Å². The molecule has 1 N–H and O–H groups in total. The van der Waals surface area contributed by atoms with E-state index < -0.39 is 0 Å². The second-order valence-corrected chi connectivity index (χ2v) is 7.32. The van der Waals surface area contributed by atoms with Gasteiger partial charge in [-0.25, -0.2) is 4.98 Å². The van der Waals surface area contributed by atoms with Gasteiger partial charge in [0, 0.05) is 61.0 Å². The summed E-state index contributed by atoms with van der Waals surface area (Å²) in [6.07, 6.45) is 4.57. The lowest BCUT2D eigenvalue weighted by Crippen LogP contribution is -2.49. The van der Waals surface area contributed by atoms with Crippen LogP contribution in [0.15, 0.2) is 16.7 Å². The van der Waals surface area contributed by atoms with E-state index in [9.17, 15) is 0 Å². The normalized spacial score (nSPS) is 20.3. The lowest BCUT2D eigenvalue weighted by atomic mass is 10.2. The number of nitrogens with one attached hydrogen (secondary N) is 1. The first-order valence-electron chi connectivity index (χ1n) is 8.00. The number of piperazine rings is 1. The third-order valence-corrected chi connectivity index (χ3v) is 4.85. The summed E-state index contributed by atoms with van der Waals surface area (Å²) in [6.45, 7) is 9.89. The largest absolute Gasteiger partial charge is 0.354 e. The Morgan fingerprint density at radius 3 is 2.62 bits per heavy atom. The van der Waals surface area contributed by atoms with Gasteiger partial charge < -0.3 is 10.2 Å². The average molecular weight is 353 g/mol. The van der Waals surface area contributed by atoms with Gasteiger partial charge in [0.15, 0.2) is 0 Å². The van der Waals surface area contributed by atoms with Crippen LogP contribution < -0.4 is 10.2 Å². The number of rotatable bonds is 5. The summed E-state index contributed by atoms with van der Waals surface area (Å²) in [5.41, 5.74) is 1.31. The van der Waals surface area contributed by atoms with E-state index >= 15 is 0 Å². The zero-order chi connectivity index (χ0) is 14.8. The summed E-state index contributed by atoms with van der Waals surface area (Å²) in [7, 11) is 0. The van der Waals surface area contributed by atoms with E-state index in [2.05, 4.69) is 51.0 Å². The van der Waals surface area contributed by atoms with Gasteiger partial charge in [0.25, 0.3) is 0 Å². The molecular weight excluding hydrogens is 328 g/mol. The first kappa shape index (κ1) is 15.3. The SMILES string of the molecule is CC(C)N1CCN(c2ncc(Br)cc2CNC2CC2)CC1. The molecule has 0 amide bonds. The number of hydrogen-bond acceptors (Lipinski definition) is 4. The van der Waals surface area contributed by atoms with Crippen molar-refractivity contribution < 1.29 is 0 Å². The van der Waals surface area contributed by atoms with Crippen LogP contribution in [-0.4, -0.2) is 48.1 Å². The van der Waals surface area contributed by atoms with E-state index in [1.54, 1.807) is 0 Å². The summed E-state index contributed by atoms with van der Waals surface area (Å²) in [5.74, 6) is 1.16. The Bertz CT molecular complexity index is 479. The molecule has 1 saturated heterocycles. The fraction of sp³-hybridized carbons (Fsp3) is 0.688. The Kier molecular flexibility index (Phi) is 4.82. The standard InChI is InChI=1S/C16H25BrN4/c1-12(2)20-5-7-21(8-6-20)16-13(9-14(17)11-19-16)10-18-15-3-4-15/h9,11-12,15,18H,3-8,10H2,1-2H3. The predicted molar refractivity (Wildman–Crippen MR) is 90.7 cm³/mol. The highest BCUT2D eigenvalue weighted by atomic mass is 79.9. The first-order chi connectivity index (χ1) is 10.1. The monoisotopic (exact) mass is 352 g/mol. The van der Waals surface area contributed by atoms with Crippen molar-refractivity contribution in [1.82, 2.24) is 15.2 Å². The second-order valence-electron chi connectivity index (χ2n) is 6.41. The van der Waals surface area contributed by atoms with Gasteiger partial charge in [-0.1, -0.05) is 0 Å². The summed E-state index contributed by atoms with van der Waals surface area (Å²) in [6, 6.07) is 3.59. The van der Waals surface area contributed by atoms with Crippen molar-refractivity contribution in [2.75, 3.05) is 31.1 Å². The third-order valence-electron chi connectivity index (χ3n) is 4.41. The first-order valence-corrected chi connectivity index (χ1v) is 8.79. The Labute approximate surface area is 136 Å². The smallest absolute Gasteiger partial charge is 0.133 e. The maximum Gasteiger partial charge on any atom is 0.133 e. The van der Waals surface area contributed by atoms with Crippen LogP contribution in [0.25, 0.3) is 0 Å². The Balaban J connectivity index is 1.68. The number of halogens is 1. The number of anilines is 1. The van der Waals surface area contributed by atoms with E-state index in [1.807, 2.05) is 6.20 Å². The fourth-order valence-electron chi connectivity index (χ4n) is 2.88. The third kappa shape index (κ3) is 3.96. The Morgan fingerprint density at radius 2 is 2.00 bits per heavy atom. The number of hydrogen-bond donors (Lipinski definition) is 1. The van der Waals surface area contributed by atoms with Crippen molar-refractivity contribution in [3.8, 4) is 0 Å². The number of nitrogens with zero attached hydrogens (tertiary/aromatic N) is 3. The minimum atomic E-state index is 0.640. The molecule has 0 bridgehead atoms. The Morgan fingerprint density at radius 1 is 1.29 bits per heavy atom. The summed E-state index contributed by atoms with van der Waals surface area (Å²) in [4.78, 5) is 9.67. The summed E-state index contributed by atoms with van der Waals surface area (Å²) in [5, 5.41) is 3.61. The van der Waals surface area contributed by atoms with Crippen molar-refractivity contribution in [3.05, 3.63) is 22.3 Å².